The van der Waals surface area contributed by atoms with Crippen LogP contribution in [0.2, 0.25) is 0 Å². The summed E-state index contributed by atoms with van der Waals surface area (Å²) >= 11 is 2.65. The minimum atomic E-state index is -5.06. The summed E-state index contributed by atoms with van der Waals surface area (Å²) in [5.74, 6) is -3.80. The number of carboxylic acid groups (broad SMARTS) is 1. The number of hydrogen-bond acceptors (Lipinski definition) is 2. The number of hydrogen-bond donors (Lipinski definition) is 2. The number of carbonyl (C=O) groups excluding carboxylic acids is 1. The number of aliphatic carboxylic acids is 1. The Balaban J connectivity index is 4.26. The third-order valence-corrected chi connectivity index (χ3v) is 1.66. The first-order valence-electron chi connectivity index (χ1n) is 2.95. The Morgan fingerprint density at radius 3 is 2.15 bits per heavy atom. The van der Waals surface area contributed by atoms with E-state index in [2.05, 4.69) is 15.9 Å². The van der Waals surface area contributed by atoms with Crippen molar-refractivity contribution in [2.24, 2.45) is 0 Å². The second-order valence-corrected chi connectivity index (χ2v) is 2.66. The minimum absolute atomic E-state index is 0.288. The molecule has 0 aromatic carbocycles. The lowest BCUT2D eigenvalue weighted by atomic mass is 10.3. The normalized spacial score (nSPS) is 13.5. The van der Waals surface area contributed by atoms with E-state index in [4.69, 9.17) is 5.11 Å². The van der Waals surface area contributed by atoms with Crippen molar-refractivity contribution in [2.75, 3.05) is 5.33 Å². The smallest absolute Gasteiger partial charge is 0.471 e. The molecule has 0 fully saturated rings. The van der Waals surface area contributed by atoms with E-state index >= 15 is 0 Å². The number of rotatable bonds is 3. The Morgan fingerprint density at radius 1 is 1.46 bits per heavy atom. The molecular weight excluding hydrogens is 259 g/mol. The van der Waals surface area contributed by atoms with Gasteiger partial charge >= 0.3 is 18.1 Å². The molecule has 0 aromatic heterocycles. The predicted octanol–water partition coefficient (Wildman–Crippen LogP) is 0.513. The summed E-state index contributed by atoms with van der Waals surface area (Å²) in [5, 5.41) is 9.28. The first-order chi connectivity index (χ1) is 5.79. The monoisotopic (exact) mass is 263 g/mol. The zero-order valence-electron chi connectivity index (χ0n) is 6.06. The van der Waals surface area contributed by atoms with E-state index in [1.807, 2.05) is 0 Å². The van der Waals surface area contributed by atoms with E-state index in [9.17, 15) is 22.8 Å². The highest BCUT2D eigenvalue weighted by atomic mass is 79.9. The molecule has 0 saturated heterocycles. The third-order valence-electron chi connectivity index (χ3n) is 1.02. The number of alkyl halides is 4. The molecule has 0 rings (SSSR count). The van der Waals surface area contributed by atoms with Gasteiger partial charge in [0.05, 0.1) is 0 Å². The van der Waals surface area contributed by atoms with Gasteiger partial charge in [0.25, 0.3) is 0 Å². The van der Waals surface area contributed by atoms with Gasteiger partial charge in [0.2, 0.25) is 0 Å². The molecule has 13 heavy (non-hydrogen) atoms. The van der Waals surface area contributed by atoms with Gasteiger partial charge in [-0.3, -0.25) is 4.79 Å². The van der Waals surface area contributed by atoms with Gasteiger partial charge in [0.15, 0.2) is 0 Å². The summed E-state index contributed by atoms with van der Waals surface area (Å²) in [6, 6.07) is -1.57. The summed E-state index contributed by atoms with van der Waals surface area (Å²) in [6.07, 6.45) is -5.06. The topological polar surface area (TPSA) is 66.4 Å². The summed E-state index contributed by atoms with van der Waals surface area (Å²) in [5.41, 5.74) is 0. The van der Waals surface area contributed by atoms with Crippen LogP contribution in [0.5, 0.6) is 0 Å². The van der Waals surface area contributed by atoms with Crippen LogP contribution in [-0.4, -0.2) is 34.5 Å². The molecule has 0 heterocycles. The van der Waals surface area contributed by atoms with Crippen LogP contribution in [0.4, 0.5) is 13.2 Å². The molecular formula is C5H5BrF3NO3. The second kappa shape index (κ2) is 4.45. The lowest BCUT2D eigenvalue weighted by Crippen LogP contribution is -2.47. The molecule has 0 bridgehead atoms. The third kappa shape index (κ3) is 4.11. The van der Waals surface area contributed by atoms with Crippen LogP contribution in [0.15, 0.2) is 0 Å². The minimum Gasteiger partial charge on any atom is -0.480 e. The quantitative estimate of drug-likeness (QED) is 0.730. The van der Waals surface area contributed by atoms with Crippen molar-refractivity contribution < 1.29 is 27.9 Å². The van der Waals surface area contributed by atoms with Gasteiger partial charge in [0.1, 0.15) is 6.04 Å². The Morgan fingerprint density at radius 2 is 1.92 bits per heavy atom. The Bertz CT molecular complexity index is 218. The lowest BCUT2D eigenvalue weighted by Gasteiger charge is -2.12. The number of carbonyl (C=O) groups is 2. The van der Waals surface area contributed by atoms with E-state index < -0.39 is 24.1 Å². The molecule has 0 spiro atoms. The SMILES string of the molecule is O=C(O)[C@@H](CBr)NC(=O)C(F)(F)F. The Kier molecular flexibility index (Phi) is 4.18. The molecule has 0 radical (unpaired) electrons. The fourth-order valence-corrected chi connectivity index (χ4v) is 0.845. The van der Waals surface area contributed by atoms with Crippen molar-refractivity contribution in [3.8, 4) is 0 Å². The Hall–Kier alpha value is -0.790. The van der Waals surface area contributed by atoms with Crippen LogP contribution in [0.3, 0.4) is 0 Å². The maximum absolute atomic E-state index is 11.6. The second-order valence-electron chi connectivity index (χ2n) is 2.02. The average molecular weight is 264 g/mol. The van der Waals surface area contributed by atoms with Crippen LogP contribution in [0.1, 0.15) is 0 Å². The maximum atomic E-state index is 11.6. The van der Waals surface area contributed by atoms with E-state index in [0.717, 1.165) is 0 Å². The van der Waals surface area contributed by atoms with Gasteiger partial charge in [-0.25, -0.2) is 4.79 Å². The van der Waals surface area contributed by atoms with Crippen molar-refractivity contribution in [2.45, 2.75) is 12.2 Å². The van der Waals surface area contributed by atoms with Crippen LogP contribution >= 0.6 is 15.9 Å². The molecule has 0 saturated carbocycles. The average Bonchev–Trinajstić information content (AvgIpc) is 1.96. The highest BCUT2D eigenvalue weighted by molar-refractivity contribution is 9.09. The first kappa shape index (κ1) is 12.2. The lowest BCUT2D eigenvalue weighted by molar-refractivity contribution is -0.175. The van der Waals surface area contributed by atoms with Gasteiger partial charge in [-0.05, 0) is 0 Å². The molecule has 0 aliphatic carbocycles. The zero-order valence-corrected chi connectivity index (χ0v) is 7.65. The van der Waals surface area contributed by atoms with Crippen LogP contribution in [-0.2, 0) is 9.59 Å². The van der Waals surface area contributed by atoms with Crippen LogP contribution in [0.25, 0.3) is 0 Å². The van der Waals surface area contributed by atoms with E-state index in [1.54, 1.807) is 0 Å². The molecule has 76 valence electrons. The largest absolute Gasteiger partial charge is 0.480 e. The van der Waals surface area contributed by atoms with Crippen molar-refractivity contribution in [1.29, 1.82) is 0 Å². The van der Waals surface area contributed by atoms with Crippen molar-refractivity contribution in [3.63, 3.8) is 0 Å². The van der Waals surface area contributed by atoms with Crippen molar-refractivity contribution >= 4 is 27.8 Å². The van der Waals surface area contributed by atoms with E-state index in [-0.39, 0.29) is 5.33 Å². The number of halogens is 4. The molecule has 4 nitrogen and oxygen atoms in total. The summed E-state index contributed by atoms with van der Waals surface area (Å²) in [7, 11) is 0. The first-order valence-corrected chi connectivity index (χ1v) is 4.07. The molecule has 0 aromatic rings. The molecule has 8 heteroatoms. The molecule has 0 aliphatic heterocycles. The van der Waals surface area contributed by atoms with Gasteiger partial charge in [0, 0.05) is 5.33 Å². The maximum Gasteiger partial charge on any atom is 0.471 e. The van der Waals surface area contributed by atoms with Gasteiger partial charge in [-0.1, -0.05) is 15.9 Å². The summed E-state index contributed by atoms with van der Waals surface area (Å²) in [4.78, 5) is 20.4. The van der Waals surface area contributed by atoms with Crippen LogP contribution < -0.4 is 5.32 Å². The van der Waals surface area contributed by atoms with Gasteiger partial charge in [-0.2, -0.15) is 13.2 Å². The fourth-order valence-electron chi connectivity index (χ4n) is 0.406. The fraction of sp³-hybridized carbons (Fsp3) is 0.600. The number of nitrogens with one attached hydrogen (secondary N) is 1. The van der Waals surface area contributed by atoms with Gasteiger partial charge < -0.3 is 10.4 Å². The number of amides is 1. The van der Waals surface area contributed by atoms with Crippen LogP contribution in [0, 0.1) is 0 Å². The molecule has 0 unspecified atom stereocenters. The predicted molar refractivity (Wildman–Crippen MR) is 39.4 cm³/mol. The summed E-state index contributed by atoms with van der Waals surface area (Å²) in [6.45, 7) is 0. The highest BCUT2D eigenvalue weighted by Crippen LogP contribution is 2.14. The van der Waals surface area contributed by atoms with E-state index in [0.29, 0.717) is 0 Å². The van der Waals surface area contributed by atoms with Crippen molar-refractivity contribution in [3.05, 3.63) is 0 Å². The zero-order chi connectivity index (χ0) is 10.6. The summed E-state index contributed by atoms with van der Waals surface area (Å²) < 4.78 is 34.8. The number of carboxylic acids is 1. The van der Waals surface area contributed by atoms with Gasteiger partial charge in [-0.15, -0.1) is 0 Å². The standard InChI is InChI=1S/C5H5BrF3NO3/c6-1-2(3(11)12)10-4(13)5(7,8)9/h2H,1H2,(H,10,13)(H,11,12)/t2-/m1/s1. The Labute approximate surface area is 79.2 Å². The molecule has 1 atom stereocenters. The van der Waals surface area contributed by atoms with E-state index in [1.165, 1.54) is 5.32 Å². The molecule has 2 N–H and O–H groups in total. The molecule has 1 amide bonds. The van der Waals surface area contributed by atoms with Crippen molar-refractivity contribution in [1.82, 2.24) is 5.32 Å². The highest BCUT2D eigenvalue weighted by Gasteiger charge is 2.40. The molecule has 0 aliphatic rings.